The monoisotopic (exact) mass is 232 g/mol. The van der Waals surface area contributed by atoms with Gasteiger partial charge in [-0.15, -0.1) is 0 Å². The van der Waals surface area contributed by atoms with Crippen molar-refractivity contribution in [2.45, 2.75) is 50.4 Å². The molecule has 2 heteroatoms. The van der Waals surface area contributed by atoms with E-state index in [2.05, 4.69) is 12.1 Å². The first-order valence-electron chi connectivity index (χ1n) is 6.50. The van der Waals surface area contributed by atoms with Crippen molar-refractivity contribution in [1.29, 1.82) is 0 Å². The summed E-state index contributed by atoms with van der Waals surface area (Å²) in [5, 5.41) is 9.18. The van der Waals surface area contributed by atoms with Crippen LogP contribution >= 0.6 is 0 Å². The molecule has 0 saturated heterocycles. The summed E-state index contributed by atoms with van der Waals surface area (Å²) < 4.78 is 0. The fourth-order valence-electron chi connectivity index (χ4n) is 3.05. The Morgan fingerprint density at radius 3 is 2.18 bits per heavy atom. The Morgan fingerprint density at radius 2 is 1.65 bits per heavy atom. The lowest BCUT2D eigenvalue weighted by atomic mass is 9.72. The van der Waals surface area contributed by atoms with Gasteiger partial charge in [-0.3, -0.25) is 4.79 Å². The minimum absolute atomic E-state index is 0.121. The van der Waals surface area contributed by atoms with Crippen molar-refractivity contribution in [3.05, 3.63) is 35.9 Å². The minimum atomic E-state index is -0.671. The highest BCUT2D eigenvalue weighted by Crippen LogP contribution is 2.41. The van der Waals surface area contributed by atoms with Crippen LogP contribution in [0.1, 0.15) is 50.5 Å². The number of benzene rings is 1. The highest BCUT2D eigenvalue weighted by molar-refractivity contribution is 5.69. The summed E-state index contributed by atoms with van der Waals surface area (Å²) in [5.41, 5.74) is 1.09. The number of carboxylic acid groups (broad SMARTS) is 1. The Morgan fingerprint density at radius 1 is 1.06 bits per heavy atom. The topological polar surface area (TPSA) is 37.3 Å². The maximum Gasteiger partial charge on any atom is 0.304 e. The Bertz CT molecular complexity index is 362. The lowest BCUT2D eigenvalue weighted by Crippen LogP contribution is -2.28. The first kappa shape index (κ1) is 12.2. The molecule has 0 heterocycles. The Hall–Kier alpha value is -1.31. The molecule has 1 saturated carbocycles. The van der Waals surface area contributed by atoms with Gasteiger partial charge >= 0.3 is 5.97 Å². The quantitative estimate of drug-likeness (QED) is 0.806. The van der Waals surface area contributed by atoms with E-state index in [-0.39, 0.29) is 11.8 Å². The molecule has 1 aliphatic rings. The zero-order chi connectivity index (χ0) is 12.1. The highest BCUT2D eigenvalue weighted by atomic mass is 16.4. The summed E-state index contributed by atoms with van der Waals surface area (Å²) in [4.78, 5) is 11.2. The molecular weight excluding hydrogens is 212 g/mol. The molecule has 1 N–H and O–H groups in total. The van der Waals surface area contributed by atoms with E-state index in [1.165, 1.54) is 18.4 Å². The predicted octanol–water partition coefficient (Wildman–Crippen LogP) is 3.75. The van der Waals surface area contributed by atoms with E-state index in [0.717, 1.165) is 25.7 Å². The summed E-state index contributed by atoms with van der Waals surface area (Å²) in [6.07, 6.45) is 7.11. The van der Waals surface area contributed by atoms with Crippen molar-refractivity contribution in [2.24, 2.45) is 0 Å². The molecule has 0 bridgehead atoms. The molecule has 0 aliphatic heterocycles. The molecule has 92 valence electrons. The van der Waals surface area contributed by atoms with Crippen LogP contribution in [0.2, 0.25) is 0 Å². The molecule has 0 spiro atoms. The lowest BCUT2D eigenvalue weighted by molar-refractivity contribution is -0.138. The molecule has 2 rings (SSSR count). The molecule has 0 aromatic heterocycles. The fourth-order valence-corrected chi connectivity index (χ4v) is 3.05. The standard InChI is InChI=1S/C15H20O2/c16-14(17)12-15(10-6-1-2-7-11-15)13-8-4-3-5-9-13/h3-5,8-9H,1-2,6-7,10-12H2,(H,16,17). The van der Waals surface area contributed by atoms with Crippen LogP contribution in [0.25, 0.3) is 0 Å². The highest BCUT2D eigenvalue weighted by Gasteiger charge is 2.34. The van der Waals surface area contributed by atoms with E-state index >= 15 is 0 Å². The van der Waals surface area contributed by atoms with Crippen molar-refractivity contribution >= 4 is 5.97 Å². The molecule has 17 heavy (non-hydrogen) atoms. The van der Waals surface area contributed by atoms with Crippen LogP contribution in [0, 0.1) is 0 Å². The van der Waals surface area contributed by atoms with Gasteiger partial charge in [0.1, 0.15) is 0 Å². The first-order chi connectivity index (χ1) is 8.23. The normalized spacial score (nSPS) is 19.5. The van der Waals surface area contributed by atoms with Gasteiger partial charge in [-0.05, 0) is 18.4 Å². The van der Waals surface area contributed by atoms with Crippen molar-refractivity contribution in [3.8, 4) is 0 Å². The molecular formula is C15H20O2. The molecule has 0 radical (unpaired) electrons. The largest absolute Gasteiger partial charge is 0.481 e. The molecule has 1 aromatic carbocycles. The van der Waals surface area contributed by atoms with Crippen molar-refractivity contribution in [1.82, 2.24) is 0 Å². The van der Waals surface area contributed by atoms with Crippen LogP contribution in [-0.4, -0.2) is 11.1 Å². The second kappa shape index (κ2) is 5.35. The Balaban J connectivity index is 2.31. The predicted molar refractivity (Wildman–Crippen MR) is 68.1 cm³/mol. The average Bonchev–Trinajstić information content (AvgIpc) is 2.56. The lowest BCUT2D eigenvalue weighted by Gasteiger charge is -2.32. The van der Waals surface area contributed by atoms with E-state index in [1.807, 2.05) is 18.2 Å². The molecule has 0 amide bonds. The van der Waals surface area contributed by atoms with Gasteiger partial charge in [0.25, 0.3) is 0 Å². The third kappa shape index (κ3) is 2.87. The Labute approximate surface area is 103 Å². The van der Waals surface area contributed by atoms with Crippen LogP contribution in [0.15, 0.2) is 30.3 Å². The second-order valence-corrected chi connectivity index (χ2v) is 5.13. The molecule has 1 aromatic rings. The first-order valence-corrected chi connectivity index (χ1v) is 6.50. The van der Waals surface area contributed by atoms with Crippen LogP contribution in [0.5, 0.6) is 0 Å². The molecule has 1 fully saturated rings. The van der Waals surface area contributed by atoms with Gasteiger partial charge < -0.3 is 5.11 Å². The summed E-state index contributed by atoms with van der Waals surface area (Å²) in [6, 6.07) is 10.2. The van der Waals surface area contributed by atoms with Crippen LogP contribution in [0.4, 0.5) is 0 Å². The Kier molecular flexibility index (Phi) is 3.82. The number of carboxylic acids is 1. The zero-order valence-corrected chi connectivity index (χ0v) is 10.2. The van der Waals surface area contributed by atoms with Crippen LogP contribution in [0.3, 0.4) is 0 Å². The third-order valence-electron chi connectivity index (χ3n) is 3.94. The van der Waals surface area contributed by atoms with E-state index in [0.29, 0.717) is 0 Å². The smallest absolute Gasteiger partial charge is 0.304 e. The maximum atomic E-state index is 11.2. The van der Waals surface area contributed by atoms with E-state index in [9.17, 15) is 9.90 Å². The summed E-state index contributed by atoms with van der Waals surface area (Å²) in [5.74, 6) is -0.671. The number of hydrogen-bond acceptors (Lipinski definition) is 1. The number of rotatable bonds is 3. The van der Waals surface area contributed by atoms with Gasteiger partial charge in [-0.2, -0.15) is 0 Å². The van der Waals surface area contributed by atoms with E-state index < -0.39 is 5.97 Å². The number of aliphatic carboxylic acids is 1. The van der Waals surface area contributed by atoms with Crippen molar-refractivity contribution in [3.63, 3.8) is 0 Å². The summed E-state index contributed by atoms with van der Waals surface area (Å²) >= 11 is 0. The van der Waals surface area contributed by atoms with Gasteiger partial charge in [0.15, 0.2) is 0 Å². The zero-order valence-electron chi connectivity index (χ0n) is 10.2. The van der Waals surface area contributed by atoms with E-state index in [1.54, 1.807) is 0 Å². The molecule has 1 aliphatic carbocycles. The number of carbonyl (C=O) groups is 1. The van der Waals surface area contributed by atoms with Crippen molar-refractivity contribution in [2.75, 3.05) is 0 Å². The van der Waals surface area contributed by atoms with Crippen molar-refractivity contribution < 1.29 is 9.90 Å². The van der Waals surface area contributed by atoms with Gasteiger partial charge in [0.2, 0.25) is 0 Å². The van der Waals surface area contributed by atoms with Gasteiger partial charge in [0, 0.05) is 5.41 Å². The minimum Gasteiger partial charge on any atom is -0.481 e. The second-order valence-electron chi connectivity index (χ2n) is 5.13. The summed E-state index contributed by atoms with van der Waals surface area (Å²) in [7, 11) is 0. The van der Waals surface area contributed by atoms with E-state index in [4.69, 9.17) is 0 Å². The van der Waals surface area contributed by atoms with Crippen LogP contribution in [-0.2, 0) is 10.2 Å². The van der Waals surface area contributed by atoms with Gasteiger partial charge in [-0.25, -0.2) is 0 Å². The third-order valence-corrected chi connectivity index (χ3v) is 3.94. The molecule has 0 unspecified atom stereocenters. The average molecular weight is 232 g/mol. The summed E-state index contributed by atoms with van der Waals surface area (Å²) in [6.45, 7) is 0. The number of hydrogen-bond donors (Lipinski definition) is 1. The molecule has 0 atom stereocenters. The maximum absolute atomic E-state index is 11.2. The molecule has 2 nitrogen and oxygen atoms in total. The fraction of sp³-hybridized carbons (Fsp3) is 0.533. The SMILES string of the molecule is O=C(O)CC1(c2ccccc2)CCCCCC1. The van der Waals surface area contributed by atoms with Crippen LogP contribution < -0.4 is 0 Å². The van der Waals surface area contributed by atoms with Gasteiger partial charge in [-0.1, -0.05) is 56.0 Å². The van der Waals surface area contributed by atoms with Gasteiger partial charge in [0.05, 0.1) is 6.42 Å².